The summed E-state index contributed by atoms with van der Waals surface area (Å²) < 4.78 is 34.7. The smallest absolute Gasteiger partial charge is 0.258 e. The Balaban J connectivity index is 3.58. The number of nitro groups is 1. The third kappa shape index (κ3) is 2.49. The molecule has 1 aromatic carbocycles. The van der Waals surface area contributed by atoms with Gasteiger partial charge in [-0.15, -0.1) is 0 Å². The fraction of sp³-hybridized carbons (Fsp3) is 0. The Labute approximate surface area is 92.2 Å². The monoisotopic (exact) mass is 298 g/mol. The number of rotatable bonds is 2. The van der Waals surface area contributed by atoms with Crippen molar-refractivity contribution >= 4 is 31.6 Å². The Hall–Kier alpha value is -1.06. The number of sulfonamides is 1. The molecule has 0 aliphatic rings. The van der Waals surface area contributed by atoms with Gasteiger partial charge in [0.25, 0.3) is 0 Å². The number of hydrogen-bond acceptors (Lipinski definition) is 4. The highest BCUT2D eigenvalue weighted by Gasteiger charge is 2.22. The van der Waals surface area contributed by atoms with Gasteiger partial charge in [-0.25, -0.2) is 13.6 Å². The van der Waals surface area contributed by atoms with Crippen molar-refractivity contribution in [2.75, 3.05) is 0 Å². The number of benzene rings is 1. The SMILES string of the molecule is NS(=O)(=O)c1cc([N+](=O)[O-])c(F)cc1Br. The van der Waals surface area contributed by atoms with Gasteiger partial charge in [-0.2, -0.15) is 4.39 Å². The second-order valence-corrected chi connectivity index (χ2v) is 4.92. The van der Waals surface area contributed by atoms with Crippen molar-refractivity contribution in [1.82, 2.24) is 0 Å². The maximum atomic E-state index is 13.0. The summed E-state index contributed by atoms with van der Waals surface area (Å²) in [6.07, 6.45) is 0. The van der Waals surface area contributed by atoms with Gasteiger partial charge in [0.15, 0.2) is 0 Å². The summed E-state index contributed by atoms with van der Waals surface area (Å²) in [5, 5.41) is 15.1. The van der Waals surface area contributed by atoms with Gasteiger partial charge in [0.1, 0.15) is 4.90 Å². The lowest BCUT2D eigenvalue weighted by atomic mass is 10.3. The van der Waals surface area contributed by atoms with E-state index in [0.717, 1.165) is 0 Å². The number of nitrogens with zero attached hydrogens (tertiary/aromatic N) is 1. The minimum Gasteiger partial charge on any atom is -0.258 e. The largest absolute Gasteiger partial charge is 0.306 e. The Morgan fingerprint density at radius 3 is 2.40 bits per heavy atom. The van der Waals surface area contributed by atoms with Crippen molar-refractivity contribution < 1.29 is 17.7 Å². The van der Waals surface area contributed by atoms with Gasteiger partial charge in [0, 0.05) is 10.5 Å². The number of nitro benzene ring substituents is 1. The Bertz CT molecular complexity index is 530. The lowest BCUT2D eigenvalue weighted by molar-refractivity contribution is -0.387. The van der Waals surface area contributed by atoms with E-state index < -0.39 is 31.3 Å². The number of halogens is 2. The lowest BCUT2D eigenvalue weighted by Gasteiger charge is -2.02. The molecule has 0 aliphatic carbocycles. The van der Waals surface area contributed by atoms with E-state index in [1.807, 2.05) is 0 Å². The van der Waals surface area contributed by atoms with Crippen LogP contribution in [0.3, 0.4) is 0 Å². The van der Waals surface area contributed by atoms with E-state index >= 15 is 0 Å². The van der Waals surface area contributed by atoms with Crippen molar-refractivity contribution in [2.24, 2.45) is 5.14 Å². The van der Waals surface area contributed by atoms with E-state index in [-0.39, 0.29) is 4.47 Å². The van der Waals surface area contributed by atoms with E-state index in [1.165, 1.54) is 0 Å². The van der Waals surface area contributed by atoms with Crippen molar-refractivity contribution in [1.29, 1.82) is 0 Å². The summed E-state index contributed by atoms with van der Waals surface area (Å²) >= 11 is 2.74. The zero-order valence-corrected chi connectivity index (χ0v) is 9.38. The predicted octanol–water partition coefficient (Wildman–Crippen LogP) is 1.14. The summed E-state index contributed by atoms with van der Waals surface area (Å²) in [7, 11) is -4.12. The van der Waals surface area contributed by atoms with Crippen LogP contribution in [0.2, 0.25) is 0 Å². The zero-order valence-electron chi connectivity index (χ0n) is 6.98. The number of primary sulfonamides is 1. The van der Waals surface area contributed by atoms with Crippen LogP contribution in [-0.4, -0.2) is 13.3 Å². The molecule has 82 valence electrons. The van der Waals surface area contributed by atoms with Crippen molar-refractivity contribution in [2.45, 2.75) is 4.90 Å². The molecule has 0 radical (unpaired) electrons. The topological polar surface area (TPSA) is 103 Å². The van der Waals surface area contributed by atoms with Gasteiger partial charge in [0.05, 0.1) is 4.92 Å². The molecule has 0 spiro atoms. The highest BCUT2D eigenvalue weighted by Crippen LogP contribution is 2.28. The summed E-state index contributed by atoms with van der Waals surface area (Å²) in [5.41, 5.74) is -0.942. The van der Waals surface area contributed by atoms with Crippen LogP contribution in [-0.2, 0) is 10.0 Å². The zero-order chi connectivity index (χ0) is 11.8. The van der Waals surface area contributed by atoms with Gasteiger partial charge >= 0.3 is 5.69 Å². The quantitative estimate of drug-likeness (QED) is 0.653. The number of hydrogen-bond donors (Lipinski definition) is 1. The molecule has 0 atom stereocenters. The second-order valence-electron chi connectivity index (χ2n) is 2.54. The van der Waals surface area contributed by atoms with E-state index in [4.69, 9.17) is 5.14 Å². The molecule has 0 amide bonds. The molecule has 0 unspecified atom stereocenters. The van der Waals surface area contributed by atoms with Crippen LogP contribution in [0.25, 0.3) is 0 Å². The number of nitrogens with two attached hydrogens (primary N) is 1. The normalized spacial score (nSPS) is 11.4. The Kier molecular flexibility index (Phi) is 3.07. The maximum absolute atomic E-state index is 13.0. The molecule has 1 rings (SSSR count). The summed E-state index contributed by atoms with van der Waals surface area (Å²) in [6, 6.07) is 1.24. The van der Waals surface area contributed by atoms with E-state index in [2.05, 4.69) is 15.9 Å². The van der Waals surface area contributed by atoms with E-state index in [1.54, 1.807) is 0 Å². The van der Waals surface area contributed by atoms with Crippen molar-refractivity contribution in [3.8, 4) is 0 Å². The van der Waals surface area contributed by atoms with Gasteiger partial charge in [-0.05, 0) is 22.0 Å². The standard InChI is InChI=1S/C6H4BrFN2O4S/c7-3-1-4(8)5(10(11)12)2-6(3)15(9,13)14/h1-2H,(H2,9,13,14). The average Bonchev–Trinajstić information content (AvgIpc) is 2.00. The van der Waals surface area contributed by atoms with Crippen LogP contribution in [0.1, 0.15) is 0 Å². The lowest BCUT2D eigenvalue weighted by Crippen LogP contribution is -2.13. The summed E-state index contributed by atoms with van der Waals surface area (Å²) in [6.45, 7) is 0. The van der Waals surface area contributed by atoms with Crippen LogP contribution in [0, 0.1) is 15.9 Å². The predicted molar refractivity (Wildman–Crippen MR) is 52.1 cm³/mol. The van der Waals surface area contributed by atoms with Gasteiger partial charge < -0.3 is 0 Å². The fourth-order valence-corrected chi connectivity index (χ4v) is 2.48. The molecule has 9 heteroatoms. The Morgan fingerprint density at radius 1 is 1.47 bits per heavy atom. The summed E-state index contributed by atoms with van der Waals surface area (Å²) in [4.78, 5) is 8.76. The highest BCUT2D eigenvalue weighted by molar-refractivity contribution is 9.10. The van der Waals surface area contributed by atoms with Crippen LogP contribution in [0.15, 0.2) is 21.5 Å². The average molecular weight is 299 g/mol. The van der Waals surface area contributed by atoms with Crippen LogP contribution in [0.4, 0.5) is 10.1 Å². The molecule has 15 heavy (non-hydrogen) atoms. The molecule has 0 heterocycles. The first-order chi connectivity index (χ1) is 6.73. The first-order valence-corrected chi connectivity index (χ1v) is 5.73. The molecule has 6 nitrogen and oxygen atoms in total. The van der Waals surface area contributed by atoms with Crippen LogP contribution >= 0.6 is 15.9 Å². The minimum absolute atomic E-state index is 0.159. The van der Waals surface area contributed by atoms with Crippen molar-refractivity contribution in [3.05, 3.63) is 32.5 Å². The van der Waals surface area contributed by atoms with Crippen molar-refractivity contribution in [3.63, 3.8) is 0 Å². The van der Waals surface area contributed by atoms with Gasteiger partial charge in [-0.3, -0.25) is 10.1 Å². The molecule has 0 aliphatic heterocycles. The van der Waals surface area contributed by atoms with Crippen LogP contribution in [0.5, 0.6) is 0 Å². The molecule has 2 N–H and O–H groups in total. The molecule has 1 aromatic rings. The first-order valence-electron chi connectivity index (χ1n) is 3.39. The highest BCUT2D eigenvalue weighted by atomic mass is 79.9. The van der Waals surface area contributed by atoms with E-state index in [9.17, 15) is 22.9 Å². The Morgan fingerprint density at radius 2 is 2.00 bits per heavy atom. The molecule has 0 saturated carbocycles. The molecule has 0 saturated heterocycles. The summed E-state index contributed by atoms with van der Waals surface area (Å²) in [5.74, 6) is -1.14. The molecule has 0 fully saturated rings. The fourth-order valence-electron chi connectivity index (χ4n) is 0.876. The van der Waals surface area contributed by atoms with Crippen LogP contribution < -0.4 is 5.14 Å². The molecule has 0 aromatic heterocycles. The third-order valence-electron chi connectivity index (χ3n) is 1.50. The minimum atomic E-state index is -4.12. The first kappa shape index (κ1) is 12.0. The van der Waals surface area contributed by atoms with E-state index in [0.29, 0.717) is 12.1 Å². The maximum Gasteiger partial charge on any atom is 0.306 e. The molecular weight excluding hydrogens is 295 g/mol. The molecular formula is C6H4BrFN2O4S. The van der Waals surface area contributed by atoms with Gasteiger partial charge in [-0.1, -0.05) is 0 Å². The molecule has 0 bridgehead atoms. The van der Waals surface area contributed by atoms with Gasteiger partial charge in [0.2, 0.25) is 15.8 Å². The third-order valence-corrected chi connectivity index (χ3v) is 3.37. The second kappa shape index (κ2) is 3.83.